The highest BCUT2D eigenvalue weighted by molar-refractivity contribution is 6.06. The van der Waals surface area contributed by atoms with Crippen LogP contribution in [0, 0.1) is 0 Å². The Kier molecular flexibility index (Phi) is 3.00. The molecule has 21 heavy (non-hydrogen) atoms. The minimum atomic E-state index is 0.0170. The third kappa shape index (κ3) is 2.05. The fraction of sp³-hybridized carbons (Fsp3) is 0.375. The molecule has 1 amide bonds. The predicted molar refractivity (Wildman–Crippen MR) is 80.4 cm³/mol. The number of H-pyrrole nitrogens is 1. The van der Waals surface area contributed by atoms with Gasteiger partial charge in [-0.05, 0) is 24.5 Å². The molecule has 0 unspecified atom stereocenters. The lowest BCUT2D eigenvalue weighted by molar-refractivity contribution is 0.0979. The molecule has 1 aromatic carbocycles. The summed E-state index contributed by atoms with van der Waals surface area (Å²) in [5.74, 6) is 0.0170. The maximum Gasteiger partial charge on any atom is 0.279 e. The molecule has 0 radical (unpaired) electrons. The average Bonchev–Trinajstić information content (AvgIpc) is 2.98. The average molecular weight is 282 g/mol. The largest absolute Gasteiger partial charge is 0.312 e. The van der Waals surface area contributed by atoms with Crippen LogP contribution in [-0.2, 0) is 19.4 Å². The number of rotatable bonds is 1. The molecular weight excluding hydrogens is 264 g/mol. The first-order valence-corrected chi connectivity index (χ1v) is 7.51. The molecule has 0 saturated carbocycles. The summed E-state index contributed by atoms with van der Waals surface area (Å²) in [5.41, 5.74) is 5.00. The van der Waals surface area contributed by atoms with Gasteiger partial charge in [0.15, 0.2) is 5.69 Å². The van der Waals surface area contributed by atoms with Gasteiger partial charge in [-0.1, -0.05) is 18.2 Å². The molecule has 0 fully saturated rings. The van der Waals surface area contributed by atoms with Crippen LogP contribution < -0.4 is 10.2 Å². The second-order valence-electron chi connectivity index (χ2n) is 5.65. The number of hydrogen-bond donors (Lipinski definition) is 2. The first kappa shape index (κ1) is 12.6. The van der Waals surface area contributed by atoms with Crippen molar-refractivity contribution in [3.05, 3.63) is 46.8 Å². The quantitative estimate of drug-likeness (QED) is 0.836. The van der Waals surface area contributed by atoms with E-state index in [0.717, 1.165) is 55.8 Å². The Morgan fingerprint density at radius 3 is 3.10 bits per heavy atom. The highest BCUT2D eigenvalue weighted by Crippen LogP contribution is 2.29. The first-order chi connectivity index (χ1) is 10.3. The van der Waals surface area contributed by atoms with Gasteiger partial charge in [0.1, 0.15) is 0 Å². The summed E-state index contributed by atoms with van der Waals surface area (Å²) in [6.07, 6.45) is 2.96. The van der Waals surface area contributed by atoms with E-state index in [-0.39, 0.29) is 5.91 Å². The lowest BCUT2D eigenvalue weighted by Crippen LogP contribution is -2.36. The Bertz CT molecular complexity index is 691. The number of benzene rings is 1. The Morgan fingerprint density at radius 1 is 1.24 bits per heavy atom. The van der Waals surface area contributed by atoms with Crippen molar-refractivity contribution in [1.82, 2.24) is 15.5 Å². The smallest absolute Gasteiger partial charge is 0.279 e. The summed E-state index contributed by atoms with van der Waals surface area (Å²) in [5, 5.41) is 10.6. The van der Waals surface area contributed by atoms with Crippen molar-refractivity contribution >= 4 is 11.6 Å². The van der Waals surface area contributed by atoms with Gasteiger partial charge in [-0.25, -0.2) is 0 Å². The number of anilines is 1. The van der Waals surface area contributed by atoms with Crippen LogP contribution in [0.5, 0.6) is 0 Å². The maximum absolute atomic E-state index is 12.9. The molecule has 108 valence electrons. The number of carbonyl (C=O) groups excluding carboxylic acids is 1. The molecule has 5 heteroatoms. The number of carbonyl (C=O) groups is 1. The zero-order valence-corrected chi connectivity index (χ0v) is 11.9. The summed E-state index contributed by atoms with van der Waals surface area (Å²) in [4.78, 5) is 14.8. The number of aromatic nitrogens is 2. The molecule has 0 spiro atoms. The highest BCUT2D eigenvalue weighted by atomic mass is 16.2. The molecule has 2 aliphatic rings. The van der Waals surface area contributed by atoms with Gasteiger partial charge in [-0.15, -0.1) is 0 Å². The van der Waals surface area contributed by atoms with Crippen LogP contribution in [-0.4, -0.2) is 29.2 Å². The molecule has 2 aliphatic heterocycles. The van der Waals surface area contributed by atoms with E-state index in [4.69, 9.17) is 0 Å². The van der Waals surface area contributed by atoms with E-state index >= 15 is 0 Å². The van der Waals surface area contributed by atoms with Crippen molar-refractivity contribution in [1.29, 1.82) is 0 Å². The summed E-state index contributed by atoms with van der Waals surface area (Å²) >= 11 is 0. The summed E-state index contributed by atoms with van der Waals surface area (Å²) in [7, 11) is 0. The molecule has 1 aromatic heterocycles. The van der Waals surface area contributed by atoms with Crippen LogP contribution in [0.4, 0.5) is 5.69 Å². The second kappa shape index (κ2) is 5.00. The molecule has 3 heterocycles. The molecule has 0 bridgehead atoms. The van der Waals surface area contributed by atoms with Crippen LogP contribution in [0.2, 0.25) is 0 Å². The summed E-state index contributed by atoms with van der Waals surface area (Å²) in [6.45, 7) is 2.43. The highest BCUT2D eigenvalue weighted by Gasteiger charge is 2.28. The minimum Gasteiger partial charge on any atom is -0.312 e. The van der Waals surface area contributed by atoms with Crippen LogP contribution in [0.3, 0.4) is 0 Å². The maximum atomic E-state index is 12.9. The lowest BCUT2D eigenvalue weighted by Gasteiger charge is -2.29. The molecule has 0 aliphatic carbocycles. The van der Waals surface area contributed by atoms with Crippen molar-refractivity contribution in [2.45, 2.75) is 25.8 Å². The van der Waals surface area contributed by atoms with Gasteiger partial charge >= 0.3 is 0 Å². The number of amides is 1. The van der Waals surface area contributed by atoms with Crippen LogP contribution in [0.15, 0.2) is 24.3 Å². The van der Waals surface area contributed by atoms with Crippen molar-refractivity contribution in [2.24, 2.45) is 0 Å². The Balaban J connectivity index is 1.71. The van der Waals surface area contributed by atoms with Crippen LogP contribution >= 0.6 is 0 Å². The van der Waals surface area contributed by atoms with Gasteiger partial charge in [0.2, 0.25) is 0 Å². The van der Waals surface area contributed by atoms with Gasteiger partial charge in [0.25, 0.3) is 5.91 Å². The summed E-state index contributed by atoms with van der Waals surface area (Å²) < 4.78 is 0. The number of fused-ring (bicyclic) bond motifs is 2. The third-order valence-corrected chi connectivity index (χ3v) is 4.36. The van der Waals surface area contributed by atoms with E-state index in [9.17, 15) is 4.79 Å². The van der Waals surface area contributed by atoms with E-state index in [0.29, 0.717) is 5.69 Å². The molecule has 2 aromatic rings. The van der Waals surface area contributed by atoms with Gasteiger partial charge in [0.05, 0.1) is 0 Å². The fourth-order valence-corrected chi connectivity index (χ4v) is 3.27. The van der Waals surface area contributed by atoms with Crippen molar-refractivity contribution in [3.63, 3.8) is 0 Å². The number of aryl methyl sites for hydroxylation is 1. The van der Waals surface area contributed by atoms with Gasteiger partial charge in [-0.2, -0.15) is 5.10 Å². The third-order valence-electron chi connectivity index (χ3n) is 4.36. The zero-order valence-electron chi connectivity index (χ0n) is 11.9. The normalized spacial score (nSPS) is 17.2. The van der Waals surface area contributed by atoms with Gasteiger partial charge < -0.3 is 10.2 Å². The topological polar surface area (TPSA) is 61.0 Å². The SMILES string of the molecule is O=C(c1n[nH]c2c1CNCC2)N1CCCc2ccccc21. The van der Waals surface area contributed by atoms with E-state index in [2.05, 4.69) is 21.6 Å². The molecular formula is C16H18N4O. The predicted octanol–water partition coefficient (Wildman–Crippen LogP) is 1.65. The molecule has 4 rings (SSSR count). The van der Waals surface area contributed by atoms with E-state index < -0.39 is 0 Å². The molecule has 5 nitrogen and oxygen atoms in total. The standard InChI is InChI=1S/C16H18N4O/c21-16(15-12-10-17-8-7-13(12)18-19-15)20-9-3-5-11-4-1-2-6-14(11)20/h1-2,4,6,17H,3,5,7-10H2,(H,18,19). The van der Waals surface area contributed by atoms with E-state index in [1.54, 1.807) is 0 Å². The summed E-state index contributed by atoms with van der Waals surface area (Å²) in [6, 6.07) is 8.17. The Hall–Kier alpha value is -2.14. The van der Waals surface area contributed by atoms with E-state index in [1.807, 2.05) is 23.1 Å². The Labute approximate surface area is 123 Å². The van der Waals surface area contributed by atoms with Gasteiger partial charge in [0, 0.05) is 43.0 Å². The zero-order chi connectivity index (χ0) is 14.2. The fourth-order valence-electron chi connectivity index (χ4n) is 3.27. The number of aromatic amines is 1. The van der Waals surface area contributed by atoms with Crippen molar-refractivity contribution < 1.29 is 4.79 Å². The number of nitrogens with zero attached hydrogens (tertiary/aromatic N) is 2. The molecule has 2 N–H and O–H groups in total. The van der Waals surface area contributed by atoms with Crippen LogP contribution in [0.25, 0.3) is 0 Å². The lowest BCUT2D eigenvalue weighted by atomic mass is 10.0. The number of para-hydroxylation sites is 1. The number of nitrogens with one attached hydrogen (secondary N) is 2. The molecule has 0 saturated heterocycles. The Morgan fingerprint density at radius 2 is 2.14 bits per heavy atom. The van der Waals surface area contributed by atoms with E-state index in [1.165, 1.54) is 5.56 Å². The minimum absolute atomic E-state index is 0.0170. The van der Waals surface area contributed by atoms with Crippen molar-refractivity contribution in [2.75, 3.05) is 18.0 Å². The monoisotopic (exact) mass is 282 g/mol. The van der Waals surface area contributed by atoms with Gasteiger partial charge in [-0.3, -0.25) is 9.89 Å². The molecule has 0 atom stereocenters. The van der Waals surface area contributed by atoms with Crippen LogP contribution in [0.1, 0.15) is 33.7 Å². The second-order valence-corrected chi connectivity index (χ2v) is 5.65. The first-order valence-electron chi connectivity index (χ1n) is 7.51. The van der Waals surface area contributed by atoms with Crippen molar-refractivity contribution in [3.8, 4) is 0 Å². The number of hydrogen-bond acceptors (Lipinski definition) is 3.